The summed E-state index contributed by atoms with van der Waals surface area (Å²) < 4.78 is 0. The van der Waals surface area contributed by atoms with E-state index in [2.05, 4.69) is 35.9 Å². The lowest BCUT2D eigenvalue weighted by atomic mass is 10.0. The molecule has 0 aromatic heterocycles. The molecule has 0 radical (unpaired) electrons. The van der Waals surface area contributed by atoms with Gasteiger partial charge in [0.1, 0.15) is 0 Å². The summed E-state index contributed by atoms with van der Waals surface area (Å²) >= 11 is 0. The van der Waals surface area contributed by atoms with Crippen molar-refractivity contribution in [2.45, 2.75) is 39.7 Å². The van der Waals surface area contributed by atoms with Crippen LogP contribution in [-0.2, 0) is 4.79 Å². The number of hydrogen-bond donors (Lipinski definition) is 1. The number of piperazine rings is 1. The van der Waals surface area contributed by atoms with Crippen molar-refractivity contribution >= 4 is 12.0 Å². The monoisotopic (exact) mass is 343 g/mol. The zero-order chi connectivity index (χ0) is 18.3. The highest BCUT2D eigenvalue weighted by atomic mass is 16.1. The van der Waals surface area contributed by atoms with Crippen molar-refractivity contribution in [3.05, 3.63) is 41.5 Å². The second kappa shape index (κ2) is 9.16. The van der Waals surface area contributed by atoms with Crippen molar-refractivity contribution in [1.82, 2.24) is 15.1 Å². The third-order valence-corrected chi connectivity index (χ3v) is 5.17. The molecule has 0 atom stereocenters. The maximum atomic E-state index is 12.6. The number of nitrogens with zero attached hydrogens (tertiary/aromatic N) is 2. The highest BCUT2D eigenvalue weighted by Gasteiger charge is 2.30. The van der Waals surface area contributed by atoms with Gasteiger partial charge in [0.2, 0.25) is 5.91 Å². The zero-order valence-corrected chi connectivity index (χ0v) is 16.2. The molecule has 0 spiro atoms. The van der Waals surface area contributed by atoms with Crippen molar-refractivity contribution in [2.24, 2.45) is 0 Å². The Balaban J connectivity index is 1.92. The van der Waals surface area contributed by atoms with E-state index in [4.69, 9.17) is 0 Å². The van der Waals surface area contributed by atoms with Crippen molar-refractivity contribution in [3.63, 3.8) is 0 Å². The molecule has 0 unspecified atom stereocenters. The van der Waals surface area contributed by atoms with Gasteiger partial charge in [0, 0.05) is 43.8 Å². The van der Waals surface area contributed by atoms with Crippen LogP contribution in [0.4, 0.5) is 0 Å². The highest BCUT2D eigenvalue weighted by molar-refractivity contribution is 5.97. The third kappa shape index (κ3) is 5.68. The van der Waals surface area contributed by atoms with E-state index < -0.39 is 0 Å². The minimum Gasteiger partial charge on any atom is -0.350 e. The largest absolute Gasteiger partial charge is 0.350 e. The van der Waals surface area contributed by atoms with Crippen molar-refractivity contribution in [3.8, 4) is 0 Å². The molecular formula is C21H33N3O. The van der Waals surface area contributed by atoms with Gasteiger partial charge in [0.25, 0.3) is 0 Å². The predicted molar refractivity (Wildman–Crippen MR) is 105 cm³/mol. The molecule has 4 heteroatoms. The number of rotatable bonds is 7. The highest BCUT2D eigenvalue weighted by Crippen LogP contribution is 2.17. The normalized spacial score (nSPS) is 17.5. The lowest BCUT2D eigenvalue weighted by Gasteiger charge is -2.44. The third-order valence-electron chi connectivity index (χ3n) is 5.17. The first-order valence-corrected chi connectivity index (χ1v) is 9.47. The molecule has 1 fully saturated rings. The number of amides is 1. The summed E-state index contributed by atoms with van der Waals surface area (Å²) in [6.45, 7) is 14.8. The minimum atomic E-state index is -0.0267. The number of carbonyl (C=O) groups excluding carboxylic acids is 1. The Labute approximate surface area is 152 Å². The van der Waals surface area contributed by atoms with Crippen molar-refractivity contribution in [2.75, 3.05) is 39.3 Å². The summed E-state index contributed by atoms with van der Waals surface area (Å²) in [5.41, 5.74) is 1.88. The molecule has 2 rings (SSSR count). The Bertz CT molecular complexity index is 572. The van der Waals surface area contributed by atoms with E-state index in [1.165, 1.54) is 0 Å². The van der Waals surface area contributed by atoms with E-state index >= 15 is 0 Å². The van der Waals surface area contributed by atoms with Gasteiger partial charge >= 0.3 is 0 Å². The van der Waals surface area contributed by atoms with Crippen LogP contribution in [0.2, 0.25) is 0 Å². The molecule has 138 valence electrons. The van der Waals surface area contributed by atoms with Crippen LogP contribution in [0.3, 0.4) is 0 Å². The first kappa shape index (κ1) is 19.7. The Morgan fingerprint density at radius 3 is 2.32 bits per heavy atom. The first-order chi connectivity index (χ1) is 12.0. The lowest BCUT2D eigenvalue weighted by molar-refractivity contribution is -0.118. The van der Waals surface area contributed by atoms with Gasteiger partial charge in [-0.05, 0) is 38.5 Å². The summed E-state index contributed by atoms with van der Waals surface area (Å²) in [5.74, 6) is 0.0478. The van der Waals surface area contributed by atoms with E-state index in [1.54, 1.807) is 0 Å². The van der Waals surface area contributed by atoms with Gasteiger partial charge in [-0.15, -0.1) is 0 Å². The molecule has 4 nitrogen and oxygen atoms in total. The minimum absolute atomic E-state index is 0.0267. The van der Waals surface area contributed by atoms with Gasteiger partial charge < -0.3 is 10.2 Å². The van der Waals surface area contributed by atoms with Crippen LogP contribution in [0.1, 0.15) is 39.7 Å². The second-order valence-corrected chi connectivity index (χ2v) is 7.35. The maximum absolute atomic E-state index is 12.6. The maximum Gasteiger partial charge on any atom is 0.247 e. The smallest absolute Gasteiger partial charge is 0.247 e. The molecule has 1 aromatic carbocycles. The number of carbonyl (C=O) groups is 1. The molecule has 1 aliphatic heterocycles. The Morgan fingerprint density at radius 1 is 1.12 bits per heavy atom. The van der Waals surface area contributed by atoms with E-state index in [9.17, 15) is 4.79 Å². The molecule has 1 amide bonds. The van der Waals surface area contributed by atoms with Crippen LogP contribution in [0.25, 0.3) is 6.08 Å². The van der Waals surface area contributed by atoms with Crippen LogP contribution in [-0.4, -0.2) is 60.5 Å². The molecule has 1 saturated heterocycles. The number of benzene rings is 1. The van der Waals surface area contributed by atoms with Crippen LogP contribution < -0.4 is 5.32 Å². The summed E-state index contributed by atoms with van der Waals surface area (Å²) in [6, 6.07) is 10.0. The second-order valence-electron chi connectivity index (χ2n) is 7.35. The molecule has 1 aliphatic rings. The van der Waals surface area contributed by atoms with Gasteiger partial charge in [-0.2, -0.15) is 0 Å². The van der Waals surface area contributed by atoms with Gasteiger partial charge in [0.05, 0.1) is 0 Å². The lowest BCUT2D eigenvalue weighted by Crippen LogP contribution is -2.58. The van der Waals surface area contributed by atoms with Gasteiger partial charge in [-0.25, -0.2) is 0 Å². The van der Waals surface area contributed by atoms with Crippen molar-refractivity contribution in [1.29, 1.82) is 0 Å². The van der Waals surface area contributed by atoms with Crippen LogP contribution in [0.5, 0.6) is 0 Å². The van der Waals surface area contributed by atoms with Gasteiger partial charge in [0.15, 0.2) is 0 Å². The molecule has 0 bridgehead atoms. The molecule has 1 N–H and O–H groups in total. The Hall–Kier alpha value is -1.65. The number of nitrogens with one attached hydrogen (secondary N) is 1. The summed E-state index contributed by atoms with van der Waals surface area (Å²) in [6.07, 6.45) is 2.72. The van der Waals surface area contributed by atoms with Crippen LogP contribution in [0, 0.1) is 0 Å². The molecule has 1 aromatic rings. The molecule has 0 aliphatic carbocycles. The average molecular weight is 344 g/mol. The molecule has 1 heterocycles. The van der Waals surface area contributed by atoms with Gasteiger partial charge in [-0.1, -0.05) is 44.2 Å². The van der Waals surface area contributed by atoms with E-state index in [1.807, 2.05) is 43.3 Å². The number of hydrogen-bond acceptors (Lipinski definition) is 3. The van der Waals surface area contributed by atoms with Crippen molar-refractivity contribution < 1.29 is 4.79 Å². The quantitative estimate of drug-likeness (QED) is 0.773. The molecular weight excluding hydrogens is 310 g/mol. The van der Waals surface area contributed by atoms with Gasteiger partial charge in [-0.3, -0.25) is 9.69 Å². The van der Waals surface area contributed by atoms with E-state index in [0.29, 0.717) is 6.54 Å². The fourth-order valence-electron chi connectivity index (χ4n) is 3.27. The van der Waals surface area contributed by atoms with E-state index in [-0.39, 0.29) is 11.4 Å². The fourth-order valence-corrected chi connectivity index (χ4v) is 3.27. The first-order valence-electron chi connectivity index (χ1n) is 9.47. The molecule has 0 saturated carbocycles. The predicted octanol–water partition coefficient (Wildman–Crippen LogP) is 3.01. The summed E-state index contributed by atoms with van der Waals surface area (Å²) in [7, 11) is 0. The SMILES string of the molecule is CC/C(=C\c1ccccc1)C(=O)NCC(C)(C)N1CCN(CC)CC1. The number of likely N-dealkylation sites (N-methyl/N-ethyl adjacent to an activating group) is 1. The standard InChI is InChI=1S/C21H33N3O/c1-5-19(16-18-10-8-7-9-11-18)20(25)22-17-21(3,4)24-14-12-23(6-2)13-15-24/h7-11,16H,5-6,12-15,17H2,1-4H3,(H,22,25)/b19-16+. The summed E-state index contributed by atoms with van der Waals surface area (Å²) in [5, 5.41) is 3.15. The average Bonchev–Trinajstić information content (AvgIpc) is 2.65. The van der Waals surface area contributed by atoms with Crippen LogP contribution >= 0.6 is 0 Å². The Kier molecular flexibility index (Phi) is 7.21. The molecule has 25 heavy (non-hydrogen) atoms. The summed E-state index contributed by atoms with van der Waals surface area (Å²) in [4.78, 5) is 17.6. The fraction of sp³-hybridized carbons (Fsp3) is 0.571. The topological polar surface area (TPSA) is 35.6 Å². The van der Waals surface area contributed by atoms with Crippen LogP contribution in [0.15, 0.2) is 35.9 Å². The zero-order valence-electron chi connectivity index (χ0n) is 16.2. The van der Waals surface area contributed by atoms with E-state index in [0.717, 1.165) is 50.3 Å². The Morgan fingerprint density at radius 2 is 1.76 bits per heavy atom.